The molecule has 0 aromatic carbocycles. The van der Waals surface area contributed by atoms with Crippen molar-refractivity contribution in [3.63, 3.8) is 0 Å². The first-order valence-electron chi connectivity index (χ1n) is 3.16. The Balaban J connectivity index is 2.73. The number of hydrogen-bond donors (Lipinski definition) is 1. The minimum absolute atomic E-state index is 0.188. The minimum Gasteiger partial charge on any atom is -0.330 e. The smallest absolute Gasteiger partial charge is 0.324 e. The van der Waals surface area contributed by atoms with Crippen molar-refractivity contribution in [3.8, 4) is 0 Å². The average molecular weight is 172 g/mol. The van der Waals surface area contributed by atoms with Crippen LogP contribution in [0.2, 0.25) is 0 Å². The lowest BCUT2D eigenvalue weighted by molar-refractivity contribution is -0.380. The summed E-state index contributed by atoms with van der Waals surface area (Å²) in [5.41, 5.74) is 6.23. The van der Waals surface area contributed by atoms with Crippen LogP contribution in [0.4, 0.5) is 5.00 Å². The molecule has 1 heterocycles. The second-order valence-electron chi connectivity index (χ2n) is 2.09. The summed E-state index contributed by atoms with van der Waals surface area (Å²) in [6, 6.07) is 1.57. The Morgan fingerprint density at radius 1 is 1.73 bits per heavy atom. The second kappa shape index (κ2) is 3.45. The van der Waals surface area contributed by atoms with Crippen molar-refractivity contribution >= 4 is 16.3 Å². The summed E-state index contributed by atoms with van der Waals surface area (Å²) in [6.07, 6.45) is 0.713. The van der Waals surface area contributed by atoms with Gasteiger partial charge in [-0.3, -0.25) is 10.1 Å². The summed E-state index contributed by atoms with van der Waals surface area (Å²) in [7, 11) is 0. The molecule has 60 valence electrons. The van der Waals surface area contributed by atoms with E-state index in [2.05, 4.69) is 0 Å². The van der Waals surface area contributed by atoms with Crippen LogP contribution in [0.1, 0.15) is 5.56 Å². The highest BCUT2D eigenvalue weighted by Gasteiger charge is 2.07. The van der Waals surface area contributed by atoms with E-state index in [1.807, 2.05) is 0 Å². The van der Waals surface area contributed by atoms with Crippen LogP contribution in [0, 0.1) is 10.1 Å². The molecule has 0 aliphatic rings. The highest BCUT2D eigenvalue weighted by atomic mass is 32.1. The van der Waals surface area contributed by atoms with E-state index in [1.54, 1.807) is 11.4 Å². The second-order valence-corrected chi connectivity index (χ2v) is 2.98. The summed E-state index contributed by atoms with van der Waals surface area (Å²) in [5.74, 6) is 0. The number of hydrogen-bond acceptors (Lipinski definition) is 4. The molecule has 0 saturated carbocycles. The quantitative estimate of drug-likeness (QED) is 0.549. The first-order chi connectivity index (χ1) is 5.24. The fourth-order valence-electron chi connectivity index (χ4n) is 0.756. The monoisotopic (exact) mass is 172 g/mol. The number of thiophene rings is 1. The molecule has 0 spiro atoms. The predicted octanol–water partition coefficient (Wildman–Crippen LogP) is 1.16. The summed E-state index contributed by atoms with van der Waals surface area (Å²) in [4.78, 5) is 9.82. The van der Waals surface area contributed by atoms with Gasteiger partial charge in [0.05, 0.1) is 4.92 Å². The summed E-state index contributed by atoms with van der Waals surface area (Å²) in [6.45, 7) is 0.536. The first-order valence-corrected chi connectivity index (χ1v) is 4.04. The van der Waals surface area contributed by atoms with Crippen LogP contribution < -0.4 is 5.73 Å². The molecule has 0 aliphatic heterocycles. The van der Waals surface area contributed by atoms with Gasteiger partial charge in [-0.2, -0.15) is 0 Å². The van der Waals surface area contributed by atoms with Gasteiger partial charge in [-0.15, -0.1) is 0 Å². The third kappa shape index (κ3) is 1.99. The van der Waals surface area contributed by atoms with E-state index in [-0.39, 0.29) is 9.92 Å². The molecule has 0 saturated heterocycles. The van der Waals surface area contributed by atoms with Crippen molar-refractivity contribution in [2.45, 2.75) is 6.42 Å². The minimum atomic E-state index is -0.384. The Hall–Kier alpha value is -0.940. The Morgan fingerprint density at radius 3 is 2.91 bits per heavy atom. The maximum atomic E-state index is 10.2. The number of nitro groups is 1. The zero-order valence-electron chi connectivity index (χ0n) is 5.82. The van der Waals surface area contributed by atoms with E-state index in [0.29, 0.717) is 13.0 Å². The van der Waals surface area contributed by atoms with E-state index < -0.39 is 0 Å². The number of nitrogens with zero attached hydrogens (tertiary/aromatic N) is 1. The van der Waals surface area contributed by atoms with Crippen molar-refractivity contribution in [2.75, 3.05) is 6.54 Å². The maximum absolute atomic E-state index is 10.2. The van der Waals surface area contributed by atoms with E-state index in [0.717, 1.165) is 16.9 Å². The average Bonchev–Trinajstić information content (AvgIpc) is 2.37. The van der Waals surface area contributed by atoms with Crippen LogP contribution in [0.25, 0.3) is 0 Å². The molecule has 1 aromatic heterocycles. The summed E-state index contributed by atoms with van der Waals surface area (Å²) in [5, 5.41) is 12.2. The van der Waals surface area contributed by atoms with Gasteiger partial charge in [0.15, 0.2) is 0 Å². The molecule has 1 rings (SSSR count). The molecule has 4 nitrogen and oxygen atoms in total. The highest BCUT2D eigenvalue weighted by molar-refractivity contribution is 7.13. The Kier molecular flexibility index (Phi) is 2.56. The molecule has 11 heavy (non-hydrogen) atoms. The normalized spacial score (nSPS) is 9.91. The topological polar surface area (TPSA) is 69.2 Å². The van der Waals surface area contributed by atoms with Gasteiger partial charge in [-0.1, -0.05) is 11.3 Å². The molecule has 0 radical (unpaired) electrons. The van der Waals surface area contributed by atoms with Gasteiger partial charge in [-0.25, -0.2) is 0 Å². The molecule has 0 bridgehead atoms. The van der Waals surface area contributed by atoms with E-state index in [4.69, 9.17) is 5.73 Å². The summed E-state index contributed by atoms with van der Waals surface area (Å²) >= 11 is 1.14. The maximum Gasteiger partial charge on any atom is 0.324 e. The predicted molar refractivity (Wildman–Crippen MR) is 43.7 cm³/mol. The van der Waals surface area contributed by atoms with Crippen LogP contribution in [0.15, 0.2) is 11.4 Å². The van der Waals surface area contributed by atoms with Gasteiger partial charge >= 0.3 is 5.00 Å². The molecule has 1 aromatic rings. The molecular formula is C6H8N2O2S. The van der Waals surface area contributed by atoms with Crippen LogP contribution in [0.5, 0.6) is 0 Å². The van der Waals surface area contributed by atoms with Gasteiger partial charge in [-0.05, 0) is 18.5 Å². The Bertz CT molecular complexity index is 259. The van der Waals surface area contributed by atoms with E-state index in [9.17, 15) is 10.1 Å². The third-order valence-corrected chi connectivity index (χ3v) is 2.18. The number of rotatable bonds is 3. The molecule has 2 N–H and O–H groups in total. The van der Waals surface area contributed by atoms with Crippen molar-refractivity contribution < 1.29 is 4.92 Å². The van der Waals surface area contributed by atoms with E-state index in [1.165, 1.54) is 0 Å². The zero-order valence-corrected chi connectivity index (χ0v) is 6.63. The highest BCUT2D eigenvalue weighted by Crippen LogP contribution is 2.22. The molecule has 0 atom stereocenters. The number of nitrogens with two attached hydrogens (primary N) is 1. The molecular weight excluding hydrogens is 164 g/mol. The lowest BCUT2D eigenvalue weighted by Crippen LogP contribution is -2.01. The first kappa shape index (κ1) is 8.16. The van der Waals surface area contributed by atoms with Crippen LogP contribution in [-0.2, 0) is 6.42 Å². The van der Waals surface area contributed by atoms with Crippen LogP contribution >= 0.6 is 11.3 Å². The van der Waals surface area contributed by atoms with Crippen LogP contribution in [-0.4, -0.2) is 11.5 Å². The fraction of sp³-hybridized carbons (Fsp3) is 0.333. The van der Waals surface area contributed by atoms with Gasteiger partial charge in [0.2, 0.25) is 0 Å². The van der Waals surface area contributed by atoms with Gasteiger partial charge in [0.25, 0.3) is 0 Å². The van der Waals surface area contributed by atoms with Crippen molar-refractivity contribution in [2.24, 2.45) is 5.73 Å². The molecule has 0 fully saturated rings. The van der Waals surface area contributed by atoms with Crippen molar-refractivity contribution in [1.82, 2.24) is 0 Å². The molecule has 0 unspecified atom stereocenters. The molecule has 5 heteroatoms. The Morgan fingerprint density at radius 2 is 2.45 bits per heavy atom. The Labute approximate surface area is 67.8 Å². The van der Waals surface area contributed by atoms with Crippen molar-refractivity contribution in [3.05, 3.63) is 27.1 Å². The lowest BCUT2D eigenvalue weighted by Gasteiger charge is -1.86. The van der Waals surface area contributed by atoms with E-state index >= 15 is 0 Å². The molecule has 0 amide bonds. The van der Waals surface area contributed by atoms with Gasteiger partial charge < -0.3 is 5.73 Å². The van der Waals surface area contributed by atoms with Crippen LogP contribution in [0.3, 0.4) is 0 Å². The molecule has 0 aliphatic carbocycles. The van der Waals surface area contributed by atoms with Crippen molar-refractivity contribution in [1.29, 1.82) is 0 Å². The SMILES string of the molecule is NCCc1csc([N+](=O)[O-])c1. The zero-order chi connectivity index (χ0) is 8.27. The van der Waals surface area contributed by atoms with Gasteiger partial charge in [0, 0.05) is 11.4 Å². The standard InChI is InChI=1S/C6H8N2O2S/c7-2-1-5-3-6(8(9)10)11-4-5/h3-4H,1-2,7H2. The third-order valence-electron chi connectivity index (χ3n) is 1.25. The van der Waals surface area contributed by atoms with Gasteiger partial charge in [0.1, 0.15) is 0 Å². The summed E-state index contributed by atoms with van der Waals surface area (Å²) < 4.78 is 0. The lowest BCUT2D eigenvalue weighted by atomic mass is 10.2. The fourth-order valence-corrected chi connectivity index (χ4v) is 1.52. The largest absolute Gasteiger partial charge is 0.330 e.